The van der Waals surface area contributed by atoms with E-state index >= 15 is 0 Å². The molecule has 2 N–H and O–H groups in total. The Kier molecular flexibility index (Phi) is 3.48. The van der Waals surface area contributed by atoms with Gasteiger partial charge in [-0.05, 0) is 24.6 Å². The third-order valence-corrected chi connectivity index (χ3v) is 4.85. The quantitative estimate of drug-likeness (QED) is 0.556. The van der Waals surface area contributed by atoms with Crippen molar-refractivity contribution in [2.75, 3.05) is 5.32 Å². The van der Waals surface area contributed by atoms with Gasteiger partial charge in [0.25, 0.3) is 0 Å². The predicted molar refractivity (Wildman–Crippen MR) is 95.0 cm³/mol. The summed E-state index contributed by atoms with van der Waals surface area (Å²) < 4.78 is 28.7. The third kappa shape index (κ3) is 2.38. The molecular formula is C18H13F2N7O. The number of fused-ring (bicyclic) bond motifs is 2. The van der Waals surface area contributed by atoms with Crippen LogP contribution in [0.2, 0.25) is 0 Å². The summed E-state index contributed by atoms with van der Waals surface area (Å²) in [7, 11) is 0. The lowest BCUT2D eigenvalue weighted by molar-refractivity contribution is -0.116. The molecule has 28 heavy (non-hydrogen) atoms. The molecule has 1 amide bonds. The summed E-state index contributed by atoms with van der Waals surface area (Å²) in [6.07, 6.45) is 2.96. The van der Waals surface area contributed by atoms with Gasteiger partial charge in [0.2, 0.25) is 5.91 Å². The van der Waals surface area contributed by atoms with Gasteiger partial charge < -0.3 is 10.3 Å². The standard InChI is InChI=1S/C18H13F2N7O/c1-8-14-10(9-2-3-11(19)12(20)4-9)5-13(28)25-17(14)27(26-8)18-15-16(22-6-21-15)23-7-24-18/h2-4,6-7,10H,5H2,1H3,(H,25,28)(H,21,22,23,24). The maximum Gasteiger partial charge on any atom is 0.226 e. The van der Waals surface area contributed by atoms with E-state index in [-0.39, 0.29) is 12.3 Å². The van der Waals surface area contributed by atoms with Gasteiger partial charge in [0, 0.05) is 17.9 Å². The number of anilines is 1. The minimum Gasteiger partial charge on any atom is -0.340 e. The number of aryl methyl sites for hydroxylation is 1. The minimum atomic E-state index is -0.954. The molecule has 8 nitrogen and oxygen atoms in total. The molecule has 5 rings (SSSR count). The van der Waals surface area contributed by atoms with Gasteiger partial charge in [-0.2, -0.15) is 9.78 Å². The SMILES string of the molecule is Cc1nn(-c2ncnc3nc[nH]c23)c2c1C(c1ccc(F)c(F)c1)CC(=O)N2. The zero-order valence-electron chi connectivity index (χ0n) is 14.6. The summed E-state index contributed by atoms with van der Waals surface area (Å²) in [4.78, 5) is 27.8. The number of benzene rings is 1. The lowest BCUT2D eigenvalue weighted by atomic mass is 9.86. The maximum atomic E-state index is 13.8. The highest BCUT2D eigenvalue weighted by Crippen LogP contribution is 2.40. The molecule has 4 aromatic rings. The second-order valence-corrected chi connectivity index (χ2v) is 6.54. The Bertz CT molecular complexity index is 1250. The largest absolute Gasteiger partial charge is 0.340 e. The molecule has 1 aliphatic rings. The molecule has 0 radical (unpaired) electrons. The first kappa shape index (κ1) is 16.5. The van der Waals surface area contributed by atoms with E-state index in [4.69, 9.17) is 0 Å². The first-order valence-corrected chi connectivity index (χ1v) is 8.51. The molecule has 0 bridgehead atoms. The molecule has 0 fully saturated rings. The van der Waals surface area contributed by atoms with Crippen LogP contribution in [-0.4, -0.2) is 35.6 Å². The number of imidazole rings is 1. The predicted octanol–water partition coefficient (Wildman–Crippen LogP) is 2.60. The zero-order valence-corrected chi connectivity index (χ0v) is 14.6. The molecule has 0 aliphatic carbocycles. The van der Waals surface area contributed by atoms with E-state index in [2.05, 4.69) is 30.4 Å². The van der Waals surface area contributed by atoms with Crippen LogP contribution < -0.4 is 5.32 Å². The first-order chi connectivity index (χ1) is 13.5. The van der Waals surface area contributed by atoms with Gasteiger partial charge in [-0.1, -0.05) is 6.07 Å². The number of carbonyl (C=O) groups excluding carboxylic acids is 1. The van der Waals surface area contributed by atoms with E-state index in [1.165, 1.54) is 23.4 Å². The lowest BCUT2D eigenvalue weighted by Crippen LogP contribution is -2.25. The molecule has 1 unspecified atom stereocenters. The van der Waals surface area contributed by atoms with E-state index < -0.39 is 17.6 Å². The molecular weight excluding hydrogens is 368 g/mol. The third-order valence-electron chi connectivity index (χ3n) is 4.85. The molecule has 1 aromatic carbocycles. The van der Waals surface area contributed by atoms with Crippen molar-refractivity contribution in [2.24, 2.45) is 0 Å². The van der Waals surface area contributed by atoms with Crippen LogP contribution in [0.1, 0.15) is 29.2 Å². The number of aromatic nitrogens is 6. The Morgan fingerprint density at radius 3 is 2.86 bits per heavy atom. The number of hydrogen-bond acceptors (Lipinski definition) is 5. The summed E-state index contributed by atoms with van der Waals surface area (Å²) in [6, 6.07) is 3.67. The van der Waals surface area contributed by atoms with Crippen molar-refractivity contribution in [3.63, 3.8) is 0 Å². The molecule has 0 saturated carbocycles. The molecule has 4 heterocycles. The highest BCUT2D eigenvalue weighted by Gasteiger charge is 2.33. The van der Waals surface area contributed by atoms with Crippen molar-refractivity contribution in [3.05, 3.63) is 59.3 Å². The average Bonchev–Trinajstić information content (AvgIpc) is 3.28. The molecule has 140 valence electrons. The van der Waals surface area contributed by atoms with E-state index in [1.54, 1.807) is 6.92 Å². The lowest BCUT2D eigenvalue weighted by Gasteiger charge is -2.24. The van der Waals surface area contributed by atoms with Crippen molar-refractivity contribution in [1.82, 2.24) is 29.7 Å². The molecule has 0 spiro atoms. The Hall–Kier alpha value is -3.69. The van der Waals surface area contributed by atoms with Crippen LogP contribution in [-0.2, 0) is 4.79 Å². The minimum absolute atomic E-state index is 0.105. The van der Waals surface area contributed by atoms with Gasteiger partial charge >= 0.3 is 0 Å². The van der Waals surface area contributed by atoms with Crippen LogP contribution in [0.25, 0.3) is 17.0 Å². The fourth-order valence-electron chi connectivity index (χ4n) is 3.63. The van der Waals surface area contributed by atoms with Crippen LogP contribution in [0.5, 0.6) is 0 Å². The number of nitrogens with one attached hydrogen (secondary N) is 2. The highest BCUT2D eigenvalue weighted by molar-refractivity contribution is 5.95. The Morgan fingerprint density at radius 2 is 2.04 bits per heavy atom. The fourth-order valence-corrected chi connectivity index (χ4v) is 3.63. The van der Waals surface area contributed by atoms with Crippen molar-refractivity contribution >= 4 is 22.9 Å². The molecule has 0 saturated heterocycles. The van der Waals surface area contributed by atoms with E-state index in [1.807, 2.05) is 0 Å². The molecule has 1 aliphatic heterocycles. The topological polar surface area (TPSA) is 101 Å². The average molecular weight is 381 g/mol. The van der Waals surface area contributed by atoms with E-state index in [0.717, 1.165) is 17.7 Å². The number of hydrogen-bond donors (Lipinski definition) is 2. The van der Waals surface area contributed by atoms with Crippen LogP contribution >= 0.6 is 0 Å². The number of amides is 1. The fraction of sp³-hybridized carbons (Fsp3) is 0.167. The van der Waals surface area contributed by atoms with Crippen molar-refractivity contribution < 1.29 is 13.6 Å². The molecule has 10 heteroatoms. The summed E-state index contributed by atoms with van der Waals surface area (Å²) in [6.45, 7) is 1.80. The monoisotopic (exact) mass is 381 g/mol. The number of aromatic amines is 1. The Balaban J connectivity index is 1.72. The van der Waals surface area contributed by atoms with Crippen LogP contribution in [0, 0.1) is 18.6 Å². The normalized spacial score (nSPS) is 16.2. The second kappa shape index (κ2) is 5.91. The van der Waals surface area contributed by atoms with E-state index in [9.17, 15) is 13.6 Å². The Morgan fingerprint density at radius 1 is 1.18 bits per heavy atom. The zero-order chi connectivity index (χ0) is 19.4. The number of carbonyl (C=O) groups is 1. The van der Waals surface area contributed by atoms with Gasteiger partial charge in [0.15, 0.2) is 23.1 Å². The number of nitrogens with zero attached hydrogens (tertiary/aromatic N) is 5. The maximum absolute atomic E-state index is 13.8. The van der Waals surface area contributed by atoms with Gasteiger partial charge in [0.05, 0.1) is 12.0 Å². The van der Waals surface area contributed by atoms with Gasteiger partial charge in [0.1, 0.15) is 17.7 Å². The van der Waals surface area contributed by atoms with Crippen molar-refractivity contribution in [1.29, 1.82) is 0 Å². The van der Waals surface area contributed by atoms with Crippen LogP contribution in [0.4, 0.5) is 14.6 Å². The number of H-pyrrole nitrogens is 1. The van der Waals surface area contributed by atoms with Gasteiger partial charge in [-0.15, -0.1) is 0 Å². The summed E-state index contributed by atoms with van der Waals surface area (Å²) in [5.41, 5.74) is 2.92. The summed E-state index contributed by atoms with van der Waals surface area (Å²) >= 11 is 0. The molecule has 1 atom stereocenters. The smallest absolute Gasteiger partial charge is 0.226 e. The van der Waals surface area contributed by atoms with Crippen LogP contribution in [0.3, 0.4) is 0 Å². The Labute approximate surface area is 156 Å². The molecule has 3 aromatic heterocycles. The number of halogens is 2. The summed E-state index contributed by atoms with van der Waals surface area (Å²) in [5.74, 6) is -1.72. The highest BCUT2D eigenvalue weighted by atomic mass is 19.2. The van der Waals surface area contributed by atoms with Gasteiger partial charge in [-0.3, -0.25) is 4.79 Å². The van der Waals surface area contributed by atoms with Crippen molar-refractivity contribution in [3.8, 4) is 5.82 Å². The van der Waals surface area contributed by atoms with E-state index in [0.29, 0.717) is 34.1 Å². The van der Waals surface area contributed by atoms with Gasteiger partial charge in [-0.25, -0.2) is 23.7 Å². The number of rotatable bonds is 2. The first-order valence-electron chi connectivity index (χ1n) is 8.51. The van der Waals surface area contributed by atoms with Crippen molar-refractivity contribution in [2.45, 2.75) is 19.3 Å². The second-order valence-electron chi connectivity index (χ2n) is 6.54. The van der Waals surface area contributed by atoms with Crippen LogP contribution in [0.15, 0.2) is 30.9 Å². The summed E-state index contributed by atoms with van der Waals surface area (Å²) in [5, 5.41) is 7.37.